The molecule has 6 N–H and O–H groups in total. The van der Waals surface area contributed by atoms with Crippen LogP contribution >= 0.6 is 0 Å². The monoisotopic (exact) mass is 912 g/mol. The van der Waals surface area contributed by atoms with Crippen LogP contribution in [0.2, 0.25) is 0 Å². The molecule has 4 aliphatic carbocycles. The lowest BCUT2D eigenvalue weighted by atomic mass is 10.0. The Bertz CT molecular complexity index is 3240. The molecule has 346 valence electrons. The van der Waals surface area contributed by atoms with Crippen molar-refractivity contribution in [3.05, 3.63) is 142 Å². The molecule has 2 saturated heterocycles. The topological polar surface area (TPSA) is 169 Å². The lowest BCUT2D eigenvalue weighted by Gasteiger charge is -2.23. The van der Waals surface area contributed by atoms with E-state index in [0.717, 1.165) is 128 Å². The van der Waals surface area contributed by atoms with Gasteiger partial charge in [-0.25, -0.2) is 37.7 Å². The number of hydrogen-bond donors (Lipinski definition) is 4. The minimum Gasteiger partial charge on any atom is -0.388 e. The first-order valence-corrected chi connectivity index (χ1v) is 23.3. The molecule has 6 aromatic heterocycles. The molecule has 8 aromatic rings. The summed E-state index contributed by atoms with van der Waals surface area (Å²) in [5, 5.41) is 15.7. The highest BCUT2D eigenvalue weighted by molar-refractivity contribution is 5.89. The van der Waals surface area contributed by atoms with E-state index in [9.17, 15) is 8.78 Å². The first-order valence-electron chi connectivity index (χ1n) is 23.3. The lowest BCUT2D eigenvalue weighted by molar-refractivity contribution is 0.499. The van der Waals surface area contributed by atoms with Gasteiger partial charge in [0, 0.05) is 106 Å². The number of aromatic nitrogens is 8. The van der Waals surface area contributed by atoms with Crippen LogP contribution in [0, 0.1) is 28.9 Å². The quantitative estimate of drug-likeness (QED) is 0.125. The van der Waals surface area contributed by atoms with Gasteiger partial charge in [-0.3, -0.25) is 0 Å². The Morgan fingerprint density at radius 3 is 1.60 bits per heavy atom. The molecule has 14 nitrogen and oxygen atoms in total. The molecule has 14 rings (SSSR count). The van der Waals surface area contributed by atoms with Crippen molar-refractivity contribution in [2.24, 2.45) is 28.7 Å². The first kappa shape index (κ1) is 42.3. The Morgan fingerprint density at radius 2 is 1.15 bits per heavy atom. The second kappa shape index (κ2) is 15.8. The van der Waals surface area contributed by atoms with Crippen molar-refractivity contribution in [1.29, 1.82) is 0 Å². The number of halogens is 2. The smallest absolute Gasteiger partial charge is 0.140 e. The largest absolute Gasteiger partial charge is 0.388 e. The van der Waals surface area contributed by atoms with E-state index >= 15 is 0 Å². The van der Waals surface area contributed by atoms with E-state index in [1.165, 1.54) is 12.8 Å². The maximum atomic E-state index is 14.6. The van der Waals surface area contributed by atoms with Crippen LogP contribution in [0.3, 0.4) is 0 Å². The average molecular weight is 913 g/mol. The lowest BCUT2D eigenvalue weighted by Crippen LogP contribution is -2.30. The van der Waals surface area contributed by atoms with Crippen molar-refractivity contribution in [3.8, 4) is 22.3 Å². The Balaban J connectivity index is 0.000000139. The zero-order valence-electron chi connectivity index (χ0n) is 37.3. The van der Waals surface area contributed by atoms with Gasteiger partial charge >= 0.3 is 0 Å². The Hall–Kier alpha value is -7.04. The van der Waals surface area contributed by atoms with Crippen LogP contribution < -0.4 is 31.9 Å². The van der Waals surface area contributed by atoms with Crippen LogP contribution in [0.25, 0.3) is 33.3 Å². The summed E-state index contributed by atoms with van der Waals surface area (Å²) in [5.41, 5.74) is 26.3. The number of nitrogens with zero attached hydrogens (tertiary/aromatic N) is 10. The van der Waals surface area contributed by atoms with Crippen molar-refractivity contribution in [3.63, 3.8) is 0 Å². The van der Waals surface area contributed by atoms with Crippen molar-refractivity contribution in [2.45, 2.75) is 58.0 Å². The summed E-state index contributed by atoms with van der Waals surface area (Å²) >= 11 is 0. The molecule has 2 aliphatic heterocycles. The summed E-state index contributed by atoms with van der Waals surface area (Å²) in [6.07, 6.45) is 8.62. The van der Waals surface area contributed by atoms with Crippen LogP contribution in [0.15, 0.2) is 85.2 Å². The Labute approximate surface area is 392 Å². The third-order valence-corrected chi connectivity index (χ3v) is 15.2. The van der Waals surface area contributed by atoms with Gasteiger partial charge in [0.1, 0.15) is 34.9 Å². The second-order valence-electron chi connectivity index (χ2n) is 19.3. The normalized spacial score (nSPS) is 20.7. The molecule has 68 heavy (non-hydrogen) atoms. The zero-order chi connectivity index (χ0) is 45.3. The maximum Gasteiger partial charge on any atom is 0.140 e. The number of benzene rings is 2. The summed E-state index contributed by atoms with van der Waals surface area (Å²) in [7, 11) is 3.66. The third kappa shape index (κ3) is 6.94. The molecule has 2 unspecified atom stereocenters. The highest BCUT2D eigenvalue weighted by Crippen LogP contribution is 2.55. The highest BCUT2D eigenvalue weighted by Gasteiger charge is 2.55. The van der Waals surface area contributed by atoms with Gasteiger partial charge in [0.25, 0.3) is 0 Å². The molecule has 3 atom stereocenters. The van der Waals surface area contributed by atoms with Gasteiger partial charge in [0.15, 0.2) is 0 Å². The number of rotatable bonds is 8. The summed E-state index contributed by atoms with van der Waals surface area (Å²) in [6.45, 7) is 3.45. The van der Waals surface area contributed by atoms with E-state index in [0.29, 0.717) is 43.6 Å². The fraction of sp³-hybridized carbons (Fsp3) is 0.346. The van der Waals surface area contributed by atoms with Crippen LogP contribution in [-0.2, 0) is 25.7 Å². The number of nitrogens with two attached hydrogens (primary N) is 2. The van der Waals surface area contributed by atoms with Crippen molar-refractivity contribution in [2.75, 3.05) is 60.7 Å². The van der Waals surface area contributed by atoms with Gasteiger partial charge < -0.3 is 31.9 Å². The molecule has 2 saturated carbocycles. The van der Waals surface area contributed by atoms with Gasteiger partial charge in [0.2, 0.25) is 0 Å². The highest BCUT2D eigenvalue weighted by atomic mass is 19.1. The van der Waals surface area contributed by atoms with Crippen LogP contribution in [0.1, 0.15) is 65.8 Å². The second-order valence-corrected chi connectivity index (χ2v) is 19.3. The minimum atomic E-state index is -0.257. The molecule has 2 aromatic carbocycles. The fourth-order valence-corrected chi connectivity index (χ4v) is 11.5. The molecular weight excluding hydrogens is 859 g/mol. The molecule has 0 amide bonds. The Kier molecular flexibility index (Phi) is 9.82. The minimum absolute atomic E-state index is 0. The van der Waals surface area contributed by atoms with Gasteiger partial charge in [0.05, 0.1) is 46.7 Å². The van der Waals surface area contributed by atoms with Crippen LogP contribution in [0.5, 0.6) is 0 Å². The standard InChI is InChI=1S/C26H26FN7.C25H24FN7.CH4/c1-29-20-9-15(27)8-19-18(20)12-21-24(19)25(33-13-22(28)26(14-33)5-6-26)31-23(30-21)11-16-10-17-4-2-3-7-34(17)32-16;1-28-20-7-13(26)6-17-16(20)10-21-23(17)25(32-11-18-19(12-32)24(18)27)30-22(29-21)9-14-8-15-4-2-3-5-33(15)31-14;/h2-4,7-10,22,29H,5-6,11-14,28H2,1H3;2-8,18-19,24,28H,9-12,27H2,1H3;1H4/t22-;;/m0../s1. The molecular formula is C52H54F2N14. The first-order chi connectivity index (χ1) is 32.6. The van der Waals surface area contributed by atoms with Gasteiger partial charge in [-0.15, -0.1) is 0 Å². The SMILES string of the molecule is C.CNc1cc(F)cc2c1Cc1nc(Cc3cc4ccccn4n3)nc(N3CC4C(N)C4C3)c1-2.CNc1cc(F)cc2c1Cc1nc(Cc3cc4ccccn4n3)nc(N3C[C@H](N)C4(CC4)C3)c1-2. The Morgan fingerprint density at radius 1 is 0.647 bits per heavy atom. The number of anilines is 4. The van der Waals surface area contributed by atoms with E-state index in [-0.39, 0.29) is 30.5 Å². The van der Waals surface area contributed by atoms with Gasteiger partial charge in [-0.05, 0) is 108 Å². The number of pyridine rings is 2. The number of nitrogens with one attached hydrogen (secondary N) is 2. The van der Waals surface area contributed by atoms with E-state index in [4.69, 9.17) is 36.5 Å². The van der Waals surface area contributed by atoms with E-state index in [1.807, 2.05) is 71.9 Å². The molecule has 6 aliphatic rings. The third-order valence-electron chi connectivity index (χ3n) is 15.2. The van der Waals surface area contributed by atoms with Crippen molar-refractivity contribution < 1.29 is 8.78 Å². The number of piperidine rings is 1. The summed E-state index contributed by atoms with van der Waals surface area (Å²) in [6, 6.07) is 23.0. The molecule has 4 fully saturated rings. The molecule has 1 spiro atoms. The molecule has 0 radical (unpaired) electrons. The maximum absolute atomic E-state index is 14.6. The van der Waals surface area contributed by atoms with Crippen molar-refractivity contribution in [1.82, 2.24) is 39.2 Å². The van der Waals surface area contributed by atoms with E-state index in [1.54, 1.807) is 24.3 Å². The predicted octanol–water partition coefficient (Wildman–Crippen LogP) is 6.89. The summed E-state index contributed by atoms with van der Waals surface area (Å²) in [4.78, 5) is 24.7. The fourth-order valence-electron chi connectivity index (χ4n) is 11.5. The van der Waals surface area contributed by atoms with Crippen LogP contribution in [-0.4, -0.2) is 91.5 Å². The number of hydrogen-bond acceptors (Lipinski definition) is 12. The van der Waals surface area contributed by atoms with Crippen LogP contribution in [0.4, 0.5) is 31.8 Å². The molecule has 8 heterocycles. The van der Waals surface area contributed by atoms with Crippen molar-refractivity contribution >= 4 is 34.0 Å². The van der Waals surface area contributed by atoms with E-state index < -0.39 is 0 Å². The zero-order valence-corrected chi connectivity index (χ0v) is 37.3. The van der Waals surface area contributed by atoms with Gasteiger partial charge in [-0.1, -0.05) is 19.6 Å². The summed E-state index contributed by atoms with van der Waals surface area (Å²) in [5.74, 6) is 3.82. The number of fused-ring (bicyclic) bond motifs is 9. The van der Waals surface area contributed by atoms with Gasteiger partial charge in [-0.2, -0.15) is 10.2 Å². The predicted molar refractivity (Wildman–Crippen MR) is 261 cm³/mol. The molecule has 16 heteroatoms. The van der Waals surface area contributed by atoms with E-state index in [2.05, 4.69) is 37.7 Å². The average Bonchev–Trinajstić information content (AvgIpc) is 3.73. The molecule has 0 bridgehead atoms. The summed E-state index contributed by atoms with van der Waals surface area (Å²) < 4.78 is 32.8.